The summed E-state index contributed by atoms with van der Waals surface area (Å²) in [6.45, 7) is 8.84. The van der Waals surface area contributed by atoms with E-state index in [0.717, 1.165) is 32.1 Å². The topological polar surface area (TPSA) is 92.7 Å². The average molecular weight is 655 g/mol. The monoisotopic (exact) mass is 655 g/mol. The Morgan fingerprint density at radius 2 is 1.41 bits per heavy atom. The summed E-state index contributed by atoms with van der Waals surface area (Å²) in [5.74, 6) is -1.17. The van der Waals surface area contributed by atoms with E-state index in [-0.39, 0.29) is 18.7 Å². The van der Waals surface area contributed by atoms with Crippen LogP contribution >= 0.6 is 0 Å². The molecule has 46 heavy (non-hydrogen) atoms. The smallest absolute Gasteiger partial charge is 0.306 e. The highest BCUT2D eigenvalue weighted by molar-refractivity contribution is 5.69. The van der Waals surface area contributed by atoms with Gasteiger partial charge in [-0.05, 0) is 58.8 Å². The summed E-state index contributed by atoms with van der Waals surface area (Å²) in [7, 11) is 1.75. The number of fused-ring (bicyclic) bond motifs is 1. The summed E-state index contributed by atoms with van der Waals surface area (Å²) in [4.78, 5) is 12.9. The molecular weight excluding hydrogens is 584 g/mol. The van der Waals surface area contributed by atoms with Crippen LogP contribution in [0.1, 0.15) is 163 Å². The first-order valence-corrected chi connectivity index (χ1v) is 19.0. The Kier molecular flexibility index (Phi) is 22.4. The van der Waals surface area contributed by atoms with Crippen LogP contribution in [-0.4, -0.2) is 74.0 Å². The maximum absolute atomic E-state index is 12.9. The molecule has 1 N–H and O–H groups in total. The second-order valence-corrected chi connectivity index (χ2v) is 13.8. The van der Waals surface area contributed by atoms with Crippen molar-refractivity contribution in [1.29, 1.82) is 0 Å². The van der Waals surface area contributed by atoms with E-state index in [1.165, 1.54) is 89.9 Å². The van der Waals surface area contributed by atoms with Crippen molar-refractivity contribution in [3.05, 3.63) is 12.2 Å². The van der Waals surface area contributed by atoms with Gasteiger partial charge in [0.25, 0.3) is 0 Å². The van der Waals surface area contributed by atoms with Crippen molar-refractivity contribution < 1.29 is 38.3 Å². The summed E-state index contributed by atoms with van der Waals surface area (Å²) < 4.78 is 35.7. The van der Waals surface area contributed by atoms with Gasteiger partial charge < -0.3 is 33.5 Å². The van der Waals surface area contributed by atoms with E-state index in [1.807, 2.05) is 13.8 Å². The molecule has 8 nitrogen and oxygen atoms in total. The second kappa shape index (κ2) is 25.0. The van der Waals surface area contributed by atoms with Gasteiger partial charge in [-0.25, -0.2) is 0 Å². The normalized spacial score (nSPS) is 25.0. The summed E-state index contributed by atoms with van der Waals surface area (Å²) in [5, 5.41) is 10.9. The molecule has 2 rings (SSSR count). The number of methoxy groups -OCH3 is 1. The molecule has 2 aliphatic rings. The van der Waals surface area contributed by atoms with E-state index in [1.54, 1.807) is 7.11 Å². The number of hydrogen-bond acceptors (Lipinski definition) is 8. The zero-order chi connectivity index (χ0) is 33.5. The fourth-order valence-corrected chi connectivity index (χ4v) is 6.37. The lowest BCUT2D eigenvalue weighted by atomic mass is 9.96. The van der Waals surface area contributed by atoms with Crippen molar-refractivity contribution in [2.24, 2.45) is 0 Å². The minimum atomic E-state index is -1.31. The van der Waals surface area contributed by atoms with E-state index in [2.05, 4.69) is 26.0 Å². The molecule has 0 saturated carbocycles. The molecule has 0 aromatic rings. The number of carbonyl (C=O) groups excluding carboxylic acids is 1. The Balaban J connectivity index is 1.73. The predicted octanol–water partition coefficient (Wildman–Crippen LogP) is 8.96. The number of rotatable bonds is 27. The molecule has 0 bridgehead atoms. The number of carbonyl (C=O) groups is 1. The summed E-state index contributed by atoms with van der Waals surface area (Å²) in [6.07, 6.45) is 24.5. The fourth-order valence-electron chi connectivity index (χ4n) is 6.37. The molecule has 0 amide bonds. The first-order chi connectivity index (χ1) is 22.3. The fraction of sp³-hybridized carbons (Fsp3) is 0.921. The van der Waals surface area contributed by atoms with E-state index < -0.39 is 36.5 Å². The lowest BCUT2D eigenvalue weighted by Crippen LogP contribution is -2.65. The zero-order valence-corrected chi connectivity index (χ0v) is 30.2. The molecule has 0 aromatic carbocycles. The van der Waals surface area contributed by atoms with Crippen LogP contribution in [0.5, 0.6) is 0 Å². The Morgan fingerprint density at radius 1 is 0.826 bits per heavy atom. The number of ether oxygens (including phenoxy) is 6. The van der Waals surface area contributed by atoms with Gasteiger partial charge in [0.1, 0.15) is 18.3 Å². The van der Waals surface area contributed by atoms with Crippen molar-refractivity contribution in [3.63, 3.8) is 0 Å². The number of hydrogen-bond donors (Lipinski definition) is 1. The molecule has 270 valence electrons. The molecule has 0 aliphatic carbocycles. The van der Waals surface area contributed by atoms with Crippen LogP contribution in [0, 0.1) is 0 Å². The third-order valence-electron chi connectivity index (χ3n) is 9.25. The van der Waals surface area contributed by atoms with E-state index in [9.17, 15) is 9.90 Å². The highest BCUT2D eigenvalue weighted by Crippen LogP contribution is 2.35. The molecule has 0 unspecified atom stereocenters. The van der Waals surface area contributed by atoms with Gasteiger partial charge in [0, 0.05) is 20.1 Å². The van der Waals surface area contributed by atoms with Crippen molar-refractivity contribution in [3.8, 4) is 0 Å². The molecule has 0 radical (unpaired) electrons. The van der Waals surface area contributed by atoms with Crippen LogP contribution in [0.3, 0.4) is 0 Å². The van der Waals surface area contributed by atoms with Gasteiger partial charge in [-0.15, -0.1) is 0 Å². The lowest BCUT2D eigenvalue weighted by molar-refractivity contribution is -0.381. The van der Waals surface area contributed by atoms with Crippen LogP contribution in [0.4, 0.5) is 0 Å². The first kappa shape index (κ1) is 41.1. The highest BCUT2D eigenvalue weighted by atomic mass is 16.8. The lowest BCUT2D eigenvalue weighted by Gasteiger charge is -2.49. The van der Waals surface area contributed by atoms with Gasteiger partial charge >= 0.3 is 5.97 Å². The quantitative estimate of drug-likeness (QED) is 0.0533. The third kappa shape index (κ3) is 17.4. The van der Waals surface area contributed by atoms with Gasteiger partial charge in [0.05, 0.1) is 12.7 Å². The molecule has 0 spiro atoms. The van der Waals surface area contributed by atoms with Crippen LogP contribution in [0.2, 0.25) is 0 Å². The van der Waals surface area contributed by atoms with E-state index >= 15 is 0 Å². The SMILES string of the molecule is CCCCCCC=CCCCCCCCCCC(=O)O[C@@H]1[C@@H](OCC[C@@H](CCCCCCC)OC)[C@@H]2OC(C)(C)OC[C@H]2O[C@@H]1O. The molecule has 2 fully saturated rings. The molecule has 2 saturated heterocycles. The van der Waals surface area contributed by atoms with Gasteiger partial charge in [-0.2, -0.15) is 0 Å². The van der Waals surface area contributed by atoms with Crippen LogP contribution in [0.25, 0.3) is 0 Å². The Morgan fingerprint density at radius 3 is 2.07 bits per heavy atom. The molecule has 2 aliphatic heterocycles. The minimum Gasteiger partial charge on any atom is -0.454 e. The summed E-state index contributed by atoms with van der Waals surface area (Å²) in [5.41, 5.74) is 0. The zero-order valence-electron chi connectivity index (χ0n) is 30.2. The van der Waals surface area contributed by atoms with Gasteiger partial charge in [-0.3, -0.25) is 4.79 Å². The predicted molar refractivity (Wildman–Crippen MR) is 184 cm³/mol. The maximum atomic E-state index is 12.9. The highest BCUT2D eigenvalue weighted by Gasteiger charge is 2.53. The Bertz CT molecular complexity index is 787. The van der Waals surface area contributed by atoms with Crippen LogP contribution < -0.4 is 0 Å². The van der Waals surface area contributed by atoms with Gasteiger partial charge in [0.2, 0.25) is 0 Å². The average Bonchev–Trinajstić information content (AvgIpc) is 3.03. The van der Waals surface area contributed by atoms with Gasteiger partial charge in [0.15, 0.2) is 18.2 Å². The third-order valence-corrected chi connectivity index (χ3v) is 9.25. The summed E-state index contributed by atoms with van der Waals surface area (Å²) in [6, 6.07) is 0. The number of esters is 1. The largest absolute Gasteiger partial charge is 0.454 e. The molecular formula is C38H70O8. The number of aliphatic hydroxyl groups is 1. The van der Waals surface area contributed by atoms with Crippen LogP contribution in [0.15, 0.2) is 12.2 Å². The number of unbranched alkanes of at least 4 members (excludes halogenated alkanes) is 15. The Labute approximate surface area is 281 Å². The van der Waals surface area contributed by atoms with Gasteiger partial charge in [-0.1, -0.05) is 109 Å². The van der Waals surface area contributed by atoms with E-state index in [4.69, 9.17) is 28.4 Å². The molecule has 2 heterocycles. The van der Waals surface area contributed by atoms with Crippen molar-refractivity contribution in [2.75, 3.05) is 20.3 Å². The maximum Gasteiger partial charge on any atom is 0.306 e. The van der Waals surface area contributed by atoms with Crippen LogP contribution in [-0.2, 0) is 33.2 Å². The molecule has 6 atom stereocenters. The minimum absolute atomic E-state index is 0.0946. The molecule has 8 heteroatoms. The van der Waals surface area contributed by atoms with Crippen molar-refractivity contribution >= 4 is 5.97 Å². The van der Waals surface area contributed by atoms with E-state index in [0.29, 0.717) is 19.4 Å². The number of aliphatic hydroxyl groups excluding tert-OH is 1. The molecule has 0 aromatic heterocycles. The van der Waals surface area contributed by atoms with Crippen molar-refractivity contribution in [1.82, 2.24) is 0 Å². The van der Waals surface area contributed by atoms with Crippen molar-refractivity contribution in [2.45, 2.75) is 205 Å². The second-order valence-electron chi connectivity index (χ2n) is 13.8. The standard InChI is InChI=1S/C38H70O8/c1-6-8-10-12-13-14-15-16-17-18-19-20-21-23-25-27-33(39)45-36-35(34-32(44-37(36)40)30-43-38(3,4)46-34)42-29-28-31(41-5)26-24-22-11-9-7-2/h14-15,31-32,34-37,40H,6-13,16-30H2,1-5H3/t31-,32-,34-,35+,36-,37+/m1/s1. The number of allylic oxidation sites excluding steroid dienone is 2. The Hall–Kier alpha value is -1.03. The summed E-state index contributed by atoms with van der Waals surface area (Å²) >= 11 is 0. The first-order valence-electron chi connectivity index (χ1n) is 19.0.